The van der Waals surface area contributed by atoms with Crippen LogP contribution < -0.4 is 10.6 Å². The lowest BCUT2D eigenvalue weighted by Crippen LogP contribution is -2.27. The van der Waals surface area contributed by atoms with E-state index in [0.29, 0.717) is 24.0 Å². The molecule has 116 valence electrons. The molecule has 1 aromatic heterocycles. The van der Waals surface area contributed by atoms with Crippen molar-refractivity contribution < 1.29 is 9.53 Å². The van der Waals surface area contributed by atoms with E-state index in [2.05, 4.69) is 20.6 Å². The standard InChI is InChI=1S/C15H17ClN4O2/c1-10-3-4-11(7-12(10)16)20-14-9-18-13(8-19-14)15(21)17-5-6-22-2/h3-4,7-9H,5-6H2,1-2H3,(H,17,21)(H,19,20). The molecule has 2 aromatic rings. The summed E-state index contributed by atoms with van der Waals surface area (Å²) in [4.78, 5) is 20.0. The number of amides is 1. The number of ether oxygens (including phenoxy) is 1. The van der Waals surface area contributed by atoms with Crippen molar-refractivity contribution in [2.24, 2.45) is 0 Å². The van der Waals surface area contributed by atoms with Crippen LogP contribution in [0.15, 0.2) is 30.6 Å². The van der Waals surface area contributed by atoms with Crippen molar-refractivity contribution in [1.82, 2.24) is 15.3 Å². The first-order valence-corrected chi connectivity index (χ1v) is 7.10. The molecule has 0 spiro atoms. The van der Waals surface area contributed by atoms with Crippen LogP contribution in [0.25, 0.3) is 0 Å². The van der Waals surface area contributed by atoms with Crippen molar-refractivity contribution in [2.45, 2.75) is 6.92 Å². The highest BCUT2D eigenvalue weighted by Gasteiger charge is 2.07. The van der Waals surface area contributed by atoms with Crippen molar-refractivity contribution in [3.05, 3.63) is 46.9 Å². The number of hydrogen-bond acceptors (Lipinski definition) is 5. The summed E-state index contributed by atoms with van der Waals surface area (Å²) in [5.74, 6) is 0.253. The molecule has 1 aromatic carbocycles. The van der Waals surface area contributed by atoms with Gasteiger partial charge in [0.25, 0.3) is 5.91 Å². The van der Waals surface area contributed by atoms with Gasteiger partial charge < -0.3 is 15.4 Å². The molecule has 0 radical (unpaired) electrons. The van der Waals surface area contributed by atoms with E-state index in [9.17, 15) is 4.79 Å². The summed E-state index contributed by atoms with van der Waals surface area (Å²) in [6.07, 6.45) is 2.92. The number of carbonyl (C=O) groups excluding carboxylic acids is 1. The quantitative estimate of drug-likeness (QED) is 0.800. The molecule has 0 fully saturated rings. The molecule has 2 rings (SSSR count). The maximum atomic E-state index is 11.8. The molecule has 0 saturated heterocycles. The number of nitrogens with one attached hydrogen (secondary N) is 2. The van der Waals surface area contributed by atoms with Crippen molar-refractivity contribution in [1.29, 1.82) is 0 Å². The number of halogens is 1. The number of benzene rings is 1. The fraction of sp³-hybridized carbons (Fsp3) is 0.267. The van der Waals surface area contributed by atoms with Gasteiger partial charge in [0.05, 0.1) is 19.0 Å². The van der Waals surface area contributed by atoms with E-state index >= 15 is 0 Å². The highest BCUT2D eigenvalue weighted by molar-refractivity contribution is 6.31. The number of carbonyl (C=O) groups is 1. The highest BCUT2D eigenvalue weighted by Crippen LogP contribution is 2.22. The van der Waals surface area contributed by atoms with Crippen LogP contribution in [0.5, 0.6) is 0 Å². The SMILES string of the molecule is COCCNC(=O)c1cnc(Nc2ccc(C)c(Cl)c2)cn1. The third kappa shape index (κ3) is 4.41. The molecular weight excluding hydrogens is 304 g/mol. The largest absolute Gasteiger partial charge is 0.383 e. The van der Waals surface area contributed by atoms with E-state index in [4.69, 9.17) is 16.3 Å². The summed E-state index contributed by atoms with van der Waals surface area (Å²) in [5, 5.41) is 6.43. The molecule has 22 heavy (non-hydrogen) atoms. The minimum absolute atomic E-state index is 0.253. The molecule has 0 aliphatic carbocycles. The zero-order valence-corrected chi connectivity index (χ0v) is 13.1. The third-order valence-corrected chi connectivity index (χ3v) is 3.33. The van der Waals surface area contributed by atoms with Crippen LogP contribution in [0.4, 0.5) is 11.5 Å². The topological polar surface area (TPSA) is 76.1 Å². The molecule has 2 N–H and O–H groups in total. The number of nitrogens with zero attached hydrogens (tertiary/aromatic N) is 2. The molecule has 0 unspecified atom stereocenters. The molecule has 0 bridgehead atoms. The Morgan fingerprint density at radius 3 is 2.77 bits per heavy atom. The van der Waals surface area contributed by atoms with Crippen LogP contribution in [0.3, 0.4) is 0 Å². The lowest BCUT2D eigenvalue weighted by Gasteiger charge is -2.08. The first-order chi connectivity index (χ1) is 10.6. The molecule has 1 heterocycles. The van der Waals surface area contributed by atoms with Crippen LogP contribution in [0.1, 0.15) is 16.1 Å². The van der Waals surface area contributed by atoms with Crippen molar-refractivity contribution in [3.63, 3.8) is 0 Å². The van der Waals surface area contributed by atoms with E-state index in [1.165, 1.54) is 12.4 Å². The Kier molecular flexibility index (Phi) is 5.68. The van der Waals surface area contributed by atoms with E-state index in [1.54, 1.807) is 7.11 Å². The summed E-state index contributed by atoms with van der Waals surface area (Å²) in [5.41, 5.74) is 2.06. The average Bonchev–Trinajstić information content (AvgIpc) is 2.52. The molecule has 1 amide bonds. The van der Waals surface area contributed by atoms with Gasteiger partial charge in [-0.25, -0.2) is 9.97 Å². The van der Waals surface area contributed by atoms with E-state index in [-0.39, 0.29) is 11.6 Å². The second-order valence-electron chi connectivity index (χ2n) is 4.62. The van der Waals surface area contributed by atoms with Gasteiger partial charge in [-0.2, -0.15) is 0 Å². The Labute approximate surface area is 133 Å². The predicted octanol–water partition coefficient (Wildman–Crippen LogP) is 2.56. The first kappa shape index (κ1) is 16.2. The Balaban J connectivity index is 1.99. The molecule has 7 heteroatoms. The van der Waals surface area contributed by atoms with Gasteiger partial charge in [0, 0.05) is 24.4 Å². The Bertz CT molecular complexity index is 646. The van der Waals surface area contributed by atoms with Crippen molar-refractivity contribution in [3.8, 4) is 0 Å². The molecule has 0 aliphatic heterocycles. The summed E-state index contributed by atoms with van der Waals surface area (Å²) >= 11 is 6.07. The third-order valence-electron chi connectivity index (χ3n) is 2.92. The van der Waals surface area contributed by atoms with Gasteiger partial charge in [-0.05, 0) is 24.6 Å². The maximum Gasteiger partial charge on any atom is 0.271 e. The Hall–Kier alpha value is -2.18. The normalized spacial score (nSPS) is 10.3. The summed E-state index contributed by atoms with van der Waals surface area (Å²) in [6.45, 7) is 2.81. The zero-order valence-electron chi connectivity index (χ0n) is 12.4. The first-order valence-electron chi connectivity index (χ1n) is 6.72. The number of methoxy groups -OCH3 is 1. The molecule has 6 nitrogen and oxygen atoms in total. The van der Waals surface area contributed by atoms with Gasteiger partial charge >= 0.3 is 0 Å². The molecule has 0 atom stereocenters. The number of aryl methyl sites for hydroxylation is 1. The number of aromatic nitrogens is 2. The summed E-state index contributed by atoms with van der Waals surface area (Å²) < 4.78 is 4.86. The zero-order chi connectivity index (χ0) is 15.9. The second kappa shape index (κ2) is 7.72. The second-order valence-corrected chi connectivity index (χ2v) is 5.03. The number of rotatable bonds is 6. The maximum absolute atomic E-state index is 11.8. The highest BCUT2D eigenvalue weighted by atomic mass is 35.5. The summed E-state index contributed by atoms with van der Waals surface area (Å²) in [7, 11) is 1.57. The summed E-state index contributed by atoms with van der Waals surface area (Å²) in [6, 6.07) is 5.62. The predicted molar refractivity (Wildman–Crippen MR) is 85.7 cm³/mol. The van der Waals surface area contributed by atoms with Crippen LogP contribution >= 0.6 is 11.6 Å². The monoisotopic (exact) mass is 320 g/mol. The van der Waals surface area contributed by atoms with E-state index < -0.39 is 0 Å². The van der Waals surface area contributed by atoms with E-state index in [0.717, 1.165) is 11.3 Å². The fourth-order valence-electron chi connectivity index (χ4n) is 1.69. The molecule has 0 aliphatic rings. The van der Waals surface area contributed by atoms with Gasteiger partial charge in [0.1, 0.15) is 11.5 Å². The van der Waals surface area contributed by atoms with Crippen molar-refractivity contribution in [2.75, 3.05) is 25.6 Å². The minimum Gasteiger partial charge on any atom is -0.383 e. The molecular formula is C15H17ClN4O2. The number of anilines is 2. The lowest BCUT2D eigenvalue weighted by molar-refractivity contribution is 0.0932. The Morgan fingerprint density at radius 2 is 2.14 bits per heavy atom. The average molecular weight is 321 g/mol. The minimum atomic E-state index is -0.283. The van der Waals surface area contributed by atoms with Crippen LogP contribution in [0.2, 0.25) is 5.02 Å². The van der Waals surface area contributed by atoms with Gasteiger partial charge in [-0.1, -0.05) is 17.7 Å². The smallest absolute Gasteiger partial charge is 0.271 e. The Morgan fingerprint density at radius 1 is 1.32 bits per heavy atom. The van der Waals surface area contributed by atoms with Crippen LogP contribution in [-0.4, -0.2) is 36.1 Å². The van der Waals surface area contributed by atoms with Gasteiger partial charge in [-0.15, -0.1) is 0 Å². The fourth-order valence-corrected chi connectivity index (χ4v) is 1.87. The van der Waals surface area contributed by atoms with Crippen molar-refractivity contribution >= 4 is 29.0 Å². The van der Waals surface area contributed by atoms with Gasteiger partial charge in [0.2, 0.25) is 0 Å². The van der Waals surface area contributed by atoms with Crippen LogP contribution in [-0.2, 0) is 4.74 Å². The van der Waals surface area contributed by atoms with Gasteiger partial charge in [0.15, 0.2) is 0 Å². The van der Waals surface area contributed by atoms with Crippen LogP contribution in [0, 0.1) is 6.92 Å². The molecule has 0 saturated carbocycles. The van der Waals surface area contributed by atoms with Gasteiger partial charge in [-0.3, -0.25) is 4.79 Å². The lowest BCUT2D eigenvalue weighted by atomic mass is 10.2. The number of hydrogen-bond donors (Lipinski definition) is 2. The van der Waals surface area contributed by atoms with E-state index in [1.807, 2.05) is 25.1 Å².